The molecule has 1 fully saturated rings. The van der Waals surface area contributed by atoms with Crippen LogP contribution in [0.2, 0.25) is 0 Å². The normalized spacial score (nSPS) is 17.9. The Morgan fingerprint density at radius 2 is 2.17 bits per heavy atom. The molecule has 1 aromatic rings. The molecule has 1 heterocycles. The summed E-state index contributed by atoms with van der Waals surface area (Å²) >= 11 is 0. The first-order valence-electron chi connectivity index (χ1n) is 5.61. The number of imidazole rings is 1. The number of halogens is 1. The fraction of sp³-hybridized carbons (Fsp3) is 0.700. The number of sulfonamides is 1. The molecule has 2 rings (SSSR count). The Bertz CT molecular complexity index is 502. The maximum absolute atomic E-state index is 11.9. The number of nitrogens with zero attached hydrogens (tertiary/aromatic N) is 2. The van der Waals surface area contributed by atoms with Gasteiger partial charge in [-0.15, -0.1) is 12.4 Å². The van der Waals surface area contributed by atoms with E-state index in [0.29, 0.717) is 5.82 Å². The minimum absolute atomic E-state index is 0. The van der Waals surface area contributed by atoms with Crippen LogP contribution < -0.4 is 10.5 Å². The summed E-state index contributed by atoms with van der Waals surface area (Å²) in [6.45, 7) is 2.04. The third kappa shape index (κ3) is 3.03. The van der Waals surface area contributed by atoms with Crippen molar-refractivity contribution in [3.8, 4) is 0 Å². The molecule has 1 saturated carbocycles. The van der Waals surface area contributed by atoms with Crippen molar-refractivity contribution in [3.05, 3.63) is 12.0 Å². The van der Waals surface area contributed by atoms with E-state index in [2.05, 4.69) is 9.71 Å². The Kier molecular flexibility index (Phi) is 4.42. The van der Waals surface area contributed by atoms with Gasteiger partial charge in [-0.3, -0.25) is 0 Å². The second kappa shape index (κ2) is 5.16. The first-order valence-corrected chi connectivity index (χ1v) is 7.09. The van der Waals surface area contributed by atoms with Crippen molar-refractivity contribution in [1.29, 1.82) is 0 Å². The van der Waals surface area contributed by atoms with Crippen molar-refractivity contribution in [2.75, 3.05) is 6.54 Å². The van der Waals surface area contributed by atoms with Crippen LogP contribution in [0.4, 0.5) is 0 Å². The number of nitrogens with one attached hydrogen (secondary N) is 1. The van der Waals surface area contributed by atoms with Gasteiger partial charge in [-0.2, -0.15) is 0 Å². The van der Waals surface area contributed by atoms with E-state index in [-0.39, 0.29) is 29.5 Å². The monoisotopic (exact) mass is 294 g/mol. The molecule has 0 aromatic carbocycles. The van der Waals surface area contributed by atoms with Gasteiger partial charge in [0, 0.05) is 25.3 Å². The summed E-state index contributed by atoms with van der Waals surface area (Å²) < 4.78 is 28.1. The number of nitrogens with two attached hydrogens (primary N) is 1. The van der Waals surface area contributed by atoms with Crippen molar-refractivity contribution in [2.45, 2.75) is 36.8 Å². The van der Waals surface area contributed by atoms with Gasteiger partial charge in [-0.1, -0.05) is 0 Å². The lowest BCUT2D eigenvalue weighted by Gasteiger charge is -2.37. The Morgan fingerprint density at radius 1 is 1.56 bits per heavy atom. The highest BCUT2D eigenvalue weighted by Gasteiger charge is 2.34. The zero-order chi connectivity index (χ0) is 12.7. The molecule has 18 heavy (non-hydrogen) atoms. The molecule has 8 heteroatoms. The van der Waals surface area contributed by atoms with Gasteiger partial charge in [0.25, 0.3) is 10.0 Å². The van der Waals surface area contributed by atoms with Gasteiger partial charge in [-0.05, 0) is 26.2 Å². The molecule has 0 atom stereocenters. The zero-order valence-electron chi connectivity index (χ0n) is 10.5. The minimum atomic E-state index is -3.53. The van der Waals surface area contributed by atoms with Gasteiger partial charge < -0.3 is 10.3 Å². The minimum Gasteiger partial charge on any atom is -0.337 e. The molecule has 0 saturated heterocycles. The van der Waals surface area contributed by atoms with E-state index < -0.39 is 10.0 Å². The Hall–Kier alpha value is -0.630. The first-order chi connectivity index (χ1) is 7.82. The highest BCUT2D eigenvalue weighted by molar-refractivity contribution is 7.89. The Morgan fingerprint density at radius 3 is 2.56 bits per heavy atom. The van der Waals surface area contributed by atoms with Gasteiger partial charge in [0.1, 0.15) is 5.82 Å². The fourth-order valence-corrected chi connectivity index (χ4v) is 2.95. The fourth-order valence-electron chi connectivity index (χ4n) is 1.78. The topological polar surface area (TPSA) is 90.0 Å². The standard InChI is InChI=1S/C10H18N4O2S.ClH/c1-8-13-9(6-14(8)2)17(15,16)12-7-10(11)4-3-5-10;/h6,12H,3-5,7,11H2,1-2H3;1H. The molecule has 3 N–H and O–H groups in total. The summed E-state index contributed by atoms with van der Waals surface area (Å²) in [5.74, 6) is 0.663. The molecule has 0 amide bonds. The molecule has 6 nitrogen and oxygen atoms in total. The maximum Gasteiger partial charge on any atom is 0.259 e. The van der Waals surface area contributed by atoms with E-state index in [1.165, 1.54) is 6.20 Å². The third-order valence-corrected chi connectivity index (χ3v) is 4.60. The van der Waals surface area contributed by atoms with Crippen LogP contribution in [0.25, 0.3) is 0 Å². The Labute approximate surface area is 113 Å². The molecular formula is C10H19ClN4O2S. The molecule has 1 aromatic heterocycles. The molecule has 0 spiro atoms. The molecule has 1 aliphatic carbocycles. The van der Waals surface area contributed by atoms with Gasteiger partial charge in [-0.25, -0.2) is 18.1 Å². The lowest BCUT2D eigenvalue weighted by Crippen LogP contribution is -2.54. The van der Waals surface area contributed by atoms with Crippen LogP contribution in [0.5, 0.6) is 0 Å². The third-order valence-electron chi connectivity index (χ3n) is 3.33. The summed E-state index contributed by atoms with van der Waals surface area (Å²) in [4.78, 5) is 4.00. The molecule has 0 bridgehead atoms. The molecule has 0 unspecified atom stereocenters. The lowest BCUT2D eigenvalue weighted by molar-refractivity contribution is 0.251. The van der Waals surface area contributed by atoms with Crippen LogP contribution in [-0.4, -0.2) is 30.1 Å². The van der Waals surface area contributed by atoms with Crippen LogP contribution >= 0.6 is 12.4 Å². The van der Waals surface area contributed by atoms with Crippen molar-refractivity contribution >= 4 is 22.4 Å². The lowest BCUT2D eigenvalue weighted by atomic mass is 9.78. The average Bonchev–Trinajstić information content (AvgIpc) is 2.54. The van der Waals surface area contributed by atoms with Gasteiger partial charge in [0.15, 0.2) is 5.03 Å². The van der Waals surface area contributed by atoms with E-state index in [0.717, 1.165) is 19.3 Å². The molecular weight excluding hydrogens is 276 g/mol. The highest BCUT2D eigenvalue weighted by atomic mass is 35.5. The second-order valence-corrected chi connectivity index (χ2v) is 6.49. The summed E-state index contributed by atoms with van der Waals surface area (Å²) in [5.41, 5.74) is 5.61. The van der Waals surface area contributed by atoms with Crippen LogP contribution in [0.15, 0.2) is 11.2 Å². The van der Waals surface area contributed by atoms with Crippen molar-refractivity contribution in [3.63, 3.8) is 0 Å². The van der Waals surface area contributed by atoms with E-state index in [1.54, 1.807) is 18.5 Å². The largest absolute Gasteiger partial charge is 0.337 e. The second-order valence-electron chi connectivity index (χ2n) is 4.78. The molecule has 0 aliphatic heterocycles. The van der Waals surface area contributed by atoms with E-state index in [1.807, 2.05) is 0 Å². The average molecular weight is 295 g/mol. The van der Waals surface area contributed by atoms with Gasteiger partial charge in [0.05, 0.1) is 0 Å². The SMILES string of the molecule is Cc1nc(S(=O)(=O)NCC2(N)CCC2)cn1C.Cl. The summed E-state index contributed by atoms with van der Waals surface area (Å²) in [6.07, 6.45) is 4.32. The predicted molar refractivity (Wildman–Crippen MR) is 71.2 cm³/mol. The van der Waals surface area contributed by atoms with Gasteiger partial charge in [0.2, 0.25) is 0 Å². The summed E-state index contributed by atoms with van der Waals surface area (Å²) in [7, 11) is -1.77. The van der Waals surface area contributed by atoms with Crippen molar-refractivity contribution in [1.82, 2.24) is 14.3 Å². The molecule has 0 radical (unpaired) electrons. The maximum atomic E-state index is 11.9. The number of rotatable bonds is 4. The summed E-state index contributed by atoms with van der Waals surface area (Å²) in [5, 5.41) is 0.0559. The number of hydrogen-bond acceptors (Lipinski definition) is 4. The quantitative estimate of drug-likeness (QED) is 0.836. The van der Waals surface area contributed by atoms with Crippen LogP contribution in [0, 0.1) is 6.92 Å². The van der Waals surface area contributed by atoms with E-state index >= 15 is 0 Å². The van der Waals surface area contributed by atoms with Crippen LogP contribution in [-0.2, 0) is 17.1 Å². The summed E-state index contributed by atoms with van der Waals surface area (Å²) in [6, 6.07) is 0. The van der Waals surface area contributed by atoms with Crippen molar-refractivity contribution in [2.24, 2.45) is 12.8 Å². The Balaban J connectivity index is 0.00000162. The molecule has 104 valence electrons. The number of aryl methyl sites for hydroxylation is 2. The smallest absolute Gasteiger partial charge is 0.259 e. The van der Waals surface area contributed by atoms with E-state index in [4.69, 9.17) is 5.73 Å². The predicted octanol–water partition coefficient (Wildman–Crippen LogP) is 0.310. The van der Waals surface area contributed by atoms with Crippen LogP contribution in [0.3, 0.4) is 0 Å². The van der Waals surface area contributed by atoms with Crippen LogP contribution in [0.1, 0.15) is 25.1 Å². The first kappa shape index (κ1) is 15.4. The van der Waals surface area contributed by atoms with Gasteiger partial charge >= 0.3 is 0 Å². The number of hydrogen-bond donors (Lipinski definition) is 2. The molecule has 1 aliphatic rings. The highest BCUT2D eigenvalue weighted by Crippen LogP contribution is 2.28. The van der Waals surface area contributed by atoms with Crippen molar-refractivity contribution < 1.29 is 8.42 Å². The number of aromatic nitrogens is 2. The van der Waals surface area contributed by atoms with E-state index in [9.17, 15) is 8.42 Å². The zero-order valence-corrected chi connectivity index (χ0v) is 12.1.